The van der Waals surface area contributed by atoms with Crippen molar-refractivity contribution in [2.75, 3.05) is 0 Å². The molecule has 2 rings (SSSR count). The molecule has 4 atom stereocenters. The lowest BCUT2D eigenvalue weighted by Crippen LogP contribution is -2.24. The average molecular weight is 145 g/mol. The molecular weight excluding hydrogens is 136 g/mol. The minimum absolute atomic E-state index is 0.0139. The summed E-state index contributed by atoms with van der Waals surface area (Å²) >= 11 is 5.86. The molecule has 1 saturated carbocycles. The van der Waals surface area contributed by atoms with Gasteiger partial charge in [0, 0.05) is 5.92 Å². The zero-order valence-corrected chi connectivity index (χ0v) is 5.75. The standard InChI is InChI=1S/C7H9ClO/c8-6-4-1-2-5(3-4)7(6)9/h1-2,4-7,9H,3H2/t4-,5+,6+,7-/m1/s1. The number of fused-ring (bicyclic) bond motifs is 2. The van der Waals surface area contributed by atoms with Gasteiger partial charge in [-0.25, -0.2) is 0 Å². The molecule has 50 valence electrons. The molecule has 0 aromatic carbocycles. The van der Waals surface area contributed by atoms with Crippen LogP contribution in [-0.2, 0) is 0 Å². The molecule has 0 saturated heterocycles. The van der Waals surface area contributed by atoms with Gasteiger partial charge in [0.15, 0.2) is 0 Å². The predicted molar refractivity (Wildman–Crippen MR) is 36.4 cm³/mol. The lowest BCUT2D eigenvalue weighted by atomic mass is 10.0. The van der Waals surface area contributed by atoms with Crippen molar-refractivity contribution < 1.29 is 5.11 Å². The van der Waals surface area contributed by atoms with Crippen LogP contribution < -0.4 is 0 Å². The van der Waals surface area contributed by atoms with E-state index in [1.165, 1.54) is 0 Å². The lowest BCUT2D eigenvalue weighted by molar-refractivity contribution is 0.151. The number of allylic oxidation sites excluding steroid dienone is 1. The fourth-order valence-electron chi connectivity index (χ4n) is 1.74. The van der Waals surface area contributed by atoms with Crippen LogP contribution in [-0.4, -0.2) is 16.6 Å². The molecule has 2 aliphatic rings. The fourth-order valence-corrected chi connectivity index (χ4v) is 2.11. The molecule has 0 aromatic heterocycles. The van der Waals surface area contributed by atoms with Gasteiger partial charge < -0.3 is 5.11 Å². The highest BCUT2D eigenvalue weighted by molar-refractivity contribution is 6.21. The first-order valence-corrected chi connectivity index (χ1v) is 3.73. The summed E-state index contributed by atoms with van der Waals surface area (Å²) in [5.74, 6) is 0.809. The van der Waals surface area contributed by atoms with Gasteiger partial charge in [0.1, 0.15) is 0 Å². The molecule has 2 bridgehead atoms. The molecular formula is C7H9ClO. The maximum absolute atomic E-state index is 9.30. The average Bonchev–Trinajstić information content (AvgIpc) is 2.37. The van der Waals surface area contributed by atoms with Gasteiger partial charge in [0.05, 0.1) is 11.5 Å². The van der Waals surface area contributed by atoms with Crippen molar-refractivity contribution >= 4 is 11.6 Å². The third kappa shape index (κ3) is 0.651. The van der Waals surface area contributed by atoms with Gasteiger partial charge in [-0.2, -0.15) is 0 Å². The summed E-state index contributed by atoms with van der Waals surface area (Å²) < 4.78 is 0. The highest BCUT2D eigenvalue weighted by Gasteiger charge is 2.42. The Morgan fingerprint density at radius 2 is 2.00 bits per heavy atom. The van der Waals surface area contributed by atoms with E-state index < -0.39 is 0 Å². The van der Waals surface area contributed by atoms with Crippen LogP contribution >= 0.6 is 11.6 Å². The van der Waals surface area contributed by atoms with E-state index in [0.29, 0.717) is 11.8 Å². The maximum Gasteiger partial charge on any atom is 0.0772 e. The number of alkyl halides is 1. The fraction of sp³-hybridized carbons (Fsp3) is 0.714. The molecule has 0 amide bonds. The van der Waals surface area contributed by atoms with Crippen LogP contribution in [0.4, 0.5) is 0 Å². The van der Waals surface area contributed by atoms with Crippen LogP contribution in [0, 0.1) is 11.8 Å². The first-order valence-electron chi connectivity index (χ1n) is 3.29. The summed E-state index contributed by atoms with van der Waals surface area (Å²) in [7, 11) is 0. The van der Waals surface area contributed by atoms with Crippen molar-refractivity contribution in [3.63, 3.8) is 0 Å². The number of halogens is 1. The number of rotatable bonds is 0. The molecule has 0 aliphatic heterocycles. The smallest absolute Gasteiger partial charge is 0.0772 e. The van der Waals surface area contributed by atoms with Crippen LogP contribution in [0.25, 0.3) is 0 Å². The minimum Gasteiger partial charge on any atom is -0.391 e. The second-order valence-electron chi connectivity index (χ2n) is 2.88. The van der Waals surface area contributed by atoms with Crippen LogP contribution in [0.15, 0.2) is 12.2 Å². The Balaban J connectivity index is 2.26. The van der Waals surface area contributed by atoms with E-state index in [9.17, 15) is 5.11 Å². The Kier molecular flexibility index (Phi) is 1.11. The summed E-state index contributed by atoms with van der Waals surface area (Å²) in [6.45, 7) is 0. The highest BCUT2D eigenvalue weighted by Crippen LogP contribution is 2.41. The van der Waals surface area contributed by atoms with Gasteiger partial charge in [-0.3, -0.25) is 0 Å². The Morgan fingerprint density at radius 1 is 1.33 bits per heavy atom. The molecule has 1 N–H and O–H groups in total. The summed E-state index contributed by atoms with van der Waals surface area (Å²) in [5.41, 5.74) is 0. The molecule has 2 aliphatic carbocycles. The Bertz CT molecular complexity index is 139. The molecule has 0 radical (unpaired) electrons. The molecule has 9 heavy (non-hydrogen) atoms. The van der Waals surface area contributed by atoms with E-state index in [0.717, 1.165) is 6.42 Å². The van der Waals surface area contributed by atoms with Crippen LogP contribution in [0.3, 0.4) is 0 Å². The topological polar surface area (TPSA) is 20.2 Å². The zero-order chi connectivity index (χ0) is 6.43. The molecule has 1 fully saturated rings. The van der Waals surface area contributed by atoms with E-state index in [-0.39, 0.29) is 11.5 Å². The quantitative estimate of drug-likeness (QED) is 0.400. The number of aliphatic hydroxyl groups is 1. The zero-order valence-electron chi connectivity index (χ0n) is 5.00. The van der Waals surface area contributed by atoms with Crippen molar-refractivity contribution in [3.05, 3.63) is 12.2 Å². The minimum atomic E-state index is -0.276. The first-order chi connectivity index (χ1) is 4.29. The van der Waals surface area contributed by atoms with Gasteiger partial charge in [0.2, 0.25) is 0 Å². The largest absolute Gasteiger partial charge is 0.391 e. The summed E-state index contributed by atoms with van der Waals surface area (Å²) in [5, 5.41) is 9.29. The number of hydrogen-bond acceptors (Lipinski definition) is 1. The Hall–Kier alpha value is -0.0100. The van der Waals surface area contributed by atoms with Crippen molar-refractivity contribution in [2.45, 2.75) is 17.9 Å². The van der Waals surface area contributed by atoms with Gasteiger partial charge >= 0.3 is 0 Å². The van der Waals surface area contributed by atoms with Gasteiger partial charge in [-0.15, -0.1) is 11.6 Å². The SMILES string of the molecule is O[C@H]1[C@@H](Cl)[C@@H]2C=C[C@H]1C2. The molecule has 0 heterocycles. The predicted octanol–water partition coefficient (Wildman–Crippen LogP) is 1.16. The van der Waals surface area contributed by atoms with Gasteiger partial charge in [-0.05, 0) is 12.3 Å². The van der Waals surface area contributed by atoms with Crippen molar-refractivity contribution in [3.8, 4) is 0 Å². The second kappa shape index (κ2) is 1.74. The lowest BCUT2D eigenvalue weighted by Gasteiger charge is -2.16. The molecule has 0 aromatic rings. The molecule has 0 unspecified atom stereocenters. The van der Waals surface area contributed by atoms with Crippen molar-refractivity contribution in [1.29, 1.82) is 0 Å². The highest BCUT2D eigenvalue weighted by atomic mass is 35.5. The van der Waals surface area contributed by atoms with E-state index >= 15 is 0 Å². The van der Waals surface area contributed by atoms with Crippen molar-refractivity contribution in [2.24, 2.45) is 11.8 Å². The third-order valence-corrected chi connectivity index (χ3v) is 2.91. The van der Waals surface area contributed by atoms with Crippen LogP contribution in [0.5, 0.6) is 0 Å². The summed E-state index contributed by atoms with van der Waals surface area (Å²) in [6, 6.07) is 0. The van der Waals surface area contributed by atoms with E-state index in [1.807, 2.05) is 0 Å². The number of aliphatic hydroxyl groups excluding tert-OH is 1. The van der Waals surface area contributed by atoms with Gasteiger partial charge in [-0.1, -0.05) is 12.2 Å². The monoisotopic (exact) mass is 144 g/mol. The molecule has 2 heteroatoms. The normalized spacial score (nSPS) is 54.9. The Morgan fingerprint density at radius 3 is 2.33 bits per heavy atom. The molecule has 1 nitrogen and oxygen atoms in total. The first kappa shape index (κ1) is 5.75. The van der Waals surface area contributed by atoms with Crippen molar-refractivity contribution in [1.82, 2.24) is 0 Å². The van der Waals surface area contributed by atoms with Crippen LogP contribution in [0.1, 0.15) is 6.42 Å². The molecule has 0 spiro atoms. The third-order valence-electron chi connectivity index (χ3n) is 2.32. The maximum atomic E-state index is 9.30. The van der Waals surface area contributed by atoms with Gasteiger partial charge in [0.25, 0.3) is 0 Å². The van der Waals surface area contributed by atoms with E-state index in [2.05, 4.69) is 12.2 Å². The second-order valence-corrected chi connectivity index (χ2v) is 3.39. The van der Waals surface area contributed by atoms with Crippen LogP contribution in [0.2, 0.25) is 0 Å². The van der Waals surface area contributed by atoms with E-state index in [1.54, 1.807) is 0 Å². The summed E-state index contributed by atoms with van der Waals surface area (Å²) in [4.78, 5) is 0. The Labute approximate surface area is 59.3 Å². The summed E-state index contributed by atoms with van der Waals surface area (Å²) in [6.07, 6.45) is 4.99. The van der Waals surface area contributed by atoms with E-state index in [4.69, 9.17) is 11.6 Å². The number of hydrogen-bond donors (Lipinski definition) is 1.